The number of anilines is 1. The van der Waals surface area contributed by atoms with E-state index in [2.05, 4.69) is 50.4 Å². The van der Waals surface area contributed by atoms with Gasteiger partial charge in [0.1, 0.15) is 5.82 Å². The molecule has 4 aromatic rings. The van der Waals surface area contributed by atoms with Crippen molar-refractivity contribution in [3.05, 3.63) is 113 Å². The van der Waals surface area contributed by atoms with Crippen molar-refractivity contribution in [2.75, 3.05) is 18.4 Å². The van der Waals surface area contributed by atoms with Gasteiger partial charge in [-0.25, -0.2) is 4.68 Å². The molecule has 0 radical (unpaired) electrons. The Labute approximate surface area is 237 Å². The van der Waals surface area contributed by atoms with E-state index in [1.54, 1.807) is 9.58 Å². The molecule has 1 aliphatic carbocycles. The van der Waals surface area contributed by atoms with Crippen LogP contribution in [0, 0.1) is 12.8 Å². The molecule has 0 aliphatic heterocycles. The predicted molar refractivity (Wildman–Crippen MR) is 160 cm³/mol. The van der Waals surface area contributed by atoms with Gasteiger partial charge in [-0.15, -0.1) is 0 Å². The predicted octanol–water partition coefficient (Wildman–Crippen LogP) is 6.29. The summed E-state index contributed by atoms with van der Waals surface area (Å²) in [5.41, 5.74) is 4.99. The number of aromatic nitrogens is 2. The van der Waals surface area contributed by atoms with Crippen molar-refractivity contribution in [3.8, 4) is 5.69 Å². The summed E-state index contributed by atoms with van der Waals surface area (Å²) in [5, 5.41) is 7.94. The van der Waals surface area contributed by atoms with Gasteiger partial charge in [0, 0.05) is 23.9 Å². The van der Waals surface area contributed by atoms with Crippen molar-refractivity contribution < 1.29 is 9.59 Å². The van der Waals surface area contributed by atoms with Crippen LogP contribution in [0.15, 0.2) is 91.0 Å². The Kier molecular flexibility index (Phi) is 7.88. The smallest absolute Gasteiger partial charge is 0.245 e. The number of para-hydroxylation sites is 1. The summed E-state index contributed by atoms with van der Waals surface area (Å²) in [6.45, 7) is 8.82. The summed E-state index contributed by atoms with van der Waals surface area (Å²) >= 11 is 0. The lowest BCUT2D eigenvalue weighted by molar-refractivity contribution is -0.135. The molecule has 2 amide bonds. The van der Waals surface area contributed by atoms with E-state index in [1.807, 2.05) is 73.7 Å². The highest BCUT2D eigenvalue weighted by atomic mass is 16.2. The van der Waals surface area contributed by atoms with E-state index in [4.69, 9.17) is 5.10 Å². The molecule has 40 heavy (non-hydrogen) atoms. The van der Waals surface area contributed by atoms with Gasteiger partial charge in [-0.3, -0.25) is 9.59 Å². The van der Waals surface area contributed by atoms with E-state index in [0.29, 0.717) is 18.8 Å². The van der Waals surface area contributed by atoms with E-state index >= 15 is 0 Å². The maximum atomic E-state index is 13.7. The molecule has 3 aromatic carbocycles. The van der Waals surface area contributed by atoms with Crippen molar-refractivity contribution >= 4 is 17.6 Å². The van der Waals surface area contributed by atoms with Crippen molar-refractivity contribution in [2.45, 2.75) is 51.9 Å². The number of nitrogens with one attached hydrogen (secondary N) is 1. The van der Waals surface area contributed by atoms with Gasteiger partial charge in [0.15, 0.2) is 0 Å². The van der Waals surface area contributed by atoms with Gasteiger partial charge in [0.2, 0.25) is 11.8 Å². The first-order chi connectivity index (χ1) is 19.2. The molecule has 0 bridgehead atoms. The molecule has 6 heteroatoms. The van der Waals surface area contributed by atoms with Gasteiger partial charge >= 0.3 is 0 Å². The standard InChI is InChI=1S/C34H38N4O2/c1-24-13-11-12-18-29(24)38-31(22-30(36-38)34(2,3)4)35-32(39)23-37(20-19-25-14-7-5-8-15-25)33(40)28-21-27(28)26-16-9-6-10-17-26/h5-18,22,27-28H,19-21,23H2,1-4H3,(H,35,39)/t27-,28?/m0/s1. The number of hydrogen-bond acceptors (Lipinski definition) is 3. The summed E-state index contributed by atoms with van der Waals surface area (Å²) in [6, 6.07) is 30.2. The summed E-state index contributed by atoms with van der Waals surface area (Å²) in [6.07, 6.45) is 1.51. The molecule has 1 heterocycles. The lowest BCUT2D eigenvalue weighted by Gasteiger charge is -2.23. The van der Waals surface area contributed by atoms with E-state index < -0.39 is 0 Å². The third-order valence-electron chi connectivity index (χ3n) is 7.58. The van der Waals surface area contributed by atoms with Gasteiger partial charge in [0.05, 0.1) is 17.9 Å². The molecule has 0 spiro atoms. The van der Waals surface area contributed by atoms with Crippen molar-refractivity contribution in [1.29, 1.82) is 0 Å². The van der Waals surface area contributed by atoms with Crippen LogP contribution in [0.2, 0.25) is 0 Å². The Morgan fingerprint density at radius 3 is 2.27 bits per heavy atom. The van der Waals surface area contributed by atoms with Crippen LogP contribution >= 0.6 is 0 Å². The minimum absolute atomic E-state index is 0.00647. The normalized spacial score (nSPS) is 16.4. The van der Waals surface area contributed by atoms with Crippen LogP contribution in [0.4, 0.5) is 5.82 Å². The Bertz CT molecular complexity index is 1470. The first kappa shape index (κ1) is 27.4. The quantitative estimate of drug-likeness (QED) is 0.274. The summed E-state index contributed by atoms with van der Waals surface area (Å²) in [7, 11) is 0. The van der Waals surface area contributed by atoms with Crippen molar-refractivity contribution in [1.82, 2.24) is 14.7 Å². The van der Waals surface area contributed by atoms with Crippen LogP contribution < -0.4 is 5.32 Å². The lowest BCUT2D eigenvalue weighted by atomic mass is 9.92. The zero-order valence-corrected chi connectivity index (χ0v) is 23.8. The highest BCUT2D eigenvalue weighted by molar-refractivity contribution is 5.95. The average molecular weight is 535 g/mol. The first-order valence-electron chi connectivity index (χ1n) is 14.0. The first-order valence-corrected chi connectivity index (χ1v) is 14.0. The van der Waals surface area contributed by atoms with Crippen LogP contribution in [0.5, 0.6) is 0 Å². The number of hydrogen-bond donors (Lipinski definition) is 1. The molecule has 1 aromatic heterocycles. The second-order valence-electron chi connectivity index (χ2n) is 11.8. The molecule has 1 saturated carbocycles. The highest BCUT2D eigenvalue weighted by Gasteiger charge is 2.45. The maximum absolute atomic E-state index is 13.7. The summed E-state index contributed by atoms with van der Waals surface area (Å²) in [4.78, 5) is 28.9. The minimum Gasteiger partial charge on any atom is -0.333 e. The number of carbonyl (C=O) groups is 2. The largest absolute Gasteiger partial charge is 0.333 e. The fourth-order valence-electron chi connectivity index (χ4n) is 5.12. The van der Waals surface area contributed by atoms with Crippen LogP contribution in [-0.2, 0) is 21.4 Å². The van der Waals surface area contributed by atoms with Crippen molar-refractivity contribution in [2.24, 2.45) is 5.92 Å². The SMILES string of the molecule is Cc1ccccc1-n1nc(C(C)(C)C)cc1NC(=O)CN(CCc1ccccc1)C(=O)C1C[C@H]1c1ccccc1. The van der Waals surface area contributed by atoms with Gasteiger partial charge in [-0.2, -0.15) is 5.10 Å². The number of aryl methyl sites for hydroxylation is 1. The molecule has 1 N–H and O–H groups in total. The Hall–Kier alpha value is -4.19. The number of amides is 2. The molecule has 1 fully saturated rings. The summed E-state index contributed by atoms with van der Waals surface area (Å²) < 4.78 is 1.80. The van der Waals surface area contributed by atoms with Crippen LogP contribution in [0.1, 0.15) is 55.5 Å². The molecule has 2 atom stereocenters. The molecule has 6 nitrogen and oxygen atoms in total. The fourth-order valence-corrected chi connectivity index (χ4v) is 5.12. The fraction of sp³-hybridized carbons (Fsp3) is 0.324. The number of benzene rings is 3. The average Bonchev–Trinajstić information content (AvgIpc) is 3.64. The van der Waals surface area contributed by atoms with Crippen LogP contribution in [-0.4, -0.2) is 39.6 Å². The van der Waals surface area contributed by atoms with Gasteiger partial charge in [-0.05, 0) is 48.4 Å². The second kappa shape index (κ2) is 11.5. The monoisotopic (exact) mass is 534 g/mol. The van der Waals surface area contributed by atoms with E-state index in [1.165, 1.54) is 5.56 Å². The van der Waals surface area contributed by atoms with Crippen LogP contribution in [0.3, 0.4) is 0 Å². The van der Waals surface area contributed by atoms with Crippen LogP contribution in [0.25, 0.3) is 5.69 Å². The zero-order valence-electron chi connectivity index (χ0n) is 23.8. The second-order valence-corrected chi connectivity index (χ2v) is 11.8. The zero-order chi connectivity index (χ0) is 28.3. The molecule has 1 aliphatic rings. The number of nitrogens with zero attached hydrogens (tertiary/aromatic N) is 3. The minimum atomic E-state index is -0.228. The number of carbonyl (C=O) groups excluding carboxylic acids is 2. The molecular formula is C34H38N4O2. The lowest BCUT2D eigenvalue weighted by Crippen LogP contribution is -2.40. The number of rotatable bonds is 9. The Balaban J connectivity index is 1.36. The third-order valence-corrected chi connectivity index (χ3v) is 7.58. The van der Waals surface area contributed by atoms with E-state index in [9.17, 15) is 9.59 Å². The van der Waals surface area contributed by atoms with Gasteiger partial charge in [-0.1, -0.05) is 99.6 Å². The van der Waals surface area contributed by atoms with E-state index in [-0.39, 0.29) is 35.6 Å². The topological polar surface area (TPSA) is 67.2 Å². The Morgan fingerprint density at radius 1 is 0.950 bits per heavy atom. The third kappa shape index (κ3) is 6.33. The van der Waals surface area contributed by atoms with E-state index in [0.717, 1.165) is 28.9 Å². The van der Waals surface area contributed by atoms with Gasteiger partial charge in [0.25, 0.3) is 0 Å². The maximum Gasteiger partial charge on any atom is 0.245 e. The molecule has 1 unspecified atom stereocenters. The summed E-state index contributed by atoms with van der Waals surface area (Å²) in [5.74, 6) is 0.549. The molecule has 206 valence electrons. The van der Waals surface area contributed by atoms with Gasteiger partial charge < -0.3 is 10.2 Å². The molecule has 0 saturated heterocycles. The molecular weight excluding hydrogens is 496 g/mol. The van der Waals surface area contributed by atoms with Crippen molar-refractivity contribution in [3.63, 3.8) is 0 Å². The molecule has 5 rings (SSSR count). The highest BCUT2D eigenvalue weighted by Crippen LogP contribution is 2.48. The Morgan fingerprint density at radius 2 is 1.60 bits per heavy atom.